The molecule has 0 aromatic carbocycles. The first-order valence-corrected chi connectivity index (χ1v) is 8.55. The van der Waals surface area contributed by atoms with Crippen molar-refractivity contribution < 1.29 is 9.21 Å². The van der Waals surface area contributed by atoms with Crippen LogP contribution >= 0.6 is 11.8 Å². The fourth-order valence-electron chi connectivity index (χ4n) is 2.59. The van der Waals surface area contributed by atoms with Crippen LogP contribution in [0.2, 0.25) is 0 Å². The molecule has 0 atom stereocenters. The molecule has 0 aliphatic heterocycles. The second kappa shape index (κ2) is 6.61. The molecule has 6 heteroatoms. The van der Waals surface area contributed by atoms with Crippen LogP contribution in [0.25, 0.3) is 0 Å². The summed E-state index contributed by atoms with van der Waals surface area (Å²) in [6.45, 7) is 0. The van der Waals surface area contributed by atoms with Gasteiger partial charge in [-0.3, -0.25) is 4.79 Å². The molecule has 1 amide bonds. The lowest BCUT2D eigenvalue weighted by atomic mass is 10.1. The van der Waals surface area contributed by atoms with E-state index in [1.165, 1.54) is 37.4 Å². The van der Waals surface area contributed by atoms with Crippen molar-refractivity contribution in [2.75, 3.05) is 5.75 Å². The standard InChI is InChI=1S/C14H21N3O2S/c18-12(15-11-5-3-1-2-4-6-11)9-20-14-17-16-13(19-14)10-7-8-10/h10-11H,1-9H2,(H,15,18). The summed E-state index contributed by atoms with van der Waals surface area (Å²) in [5, 5.41) is 11.6. The Morgan fingerprint density at radius 3 is 2.60 bits per heavy atom. The van der Waals surface area contributed by atoms with E-state index >= 15 is 0 Å². The highest BCUT2D eigenvalue weighted by atomic mass is 32.2. The normalized spacial score (nSPS) is 20.6. The van der Waals surface area contributed by atoms with Gasteiger partial charge in [0.15, 0.2) is 0 Å². The van der Waals surface area contributed by atoms with E-state index in [1.54, 1.807) is 0 Å². The van der Waals surface area contributed by atoms with Crippen molar-refractivity contribution in [2.24, 2.45) is 0 Å². The maximum Gasteiger partial charge on any atom is 0.277 e. The average molecular weight is 295 g/mol. The number of aromatic nitrogens is 2. The molecule has 3 rings (SSSR count). The lowest BCUT2D eigenvalue weighted by Gasteiger charge is -2.15. The molecule has 1 aromatic rings. The molecule has 0 radical (unpaired) electrons. The molecule has 2 aliphatic rings. The molecule has 2 saturated carbocycles. The van der Waals surface area contributed by atoms with E-state index in [4.69, 9.17) is 4.42 Å². The van der Waals surface area contributed by atoms with Crippen molar-refractivity contribution in [3.63, 3.8) is 0 Å². The van der Waals surface area contributed by atoms with E-state index in [0.717, 1.165) is 31.6 Å². The quantitative estimate of drug-likeness (QED) is 0.668. The van der Waals surface area contributed by atoms with Crippen molar-refractivity contribution in [1.29, 1.82) is 0 Å². The Morgan fingerprint density at radius 1 is 1.15 bits per heavy atom. The van der Waals surface area contributed by atoms with E-state index in [1.807, 2.05) is 0 Å². The van der Waals surface area contributed by atoms with E-state index in [2.05, 4.69) is 15.5 Å². The van der Waals surface area contributed by atoms with Crippen LogP contribution in [0.15, 0.2) is 9.64 Å². The molecule has 1 heterocycles. The monoisotopic (exact) mass is 295 g/mol. The summed E-state index contributed by atoms with van der Waals surface area (Å²) >= 11 is 1.34. The summed E-state index contributed by atoms with van der Waals surface area (Å²) < 4.78 is 5.53. The summed E-state index contributed by atoms with van der Waals surface area (Å²) in [5.74, 6) is 1.64. The third-order valence-electron chi connectivity index (χ3n) is 3.90. The van der Waals surface area contributed by atoms with Gasteiger partial charge in [-0.05, 0) is 25.7 Å². The van der Waals surface area contributed by atoms with Gasteiger partial charge in [0.05, 0.1) is 5.75 Å². The van der Waals surface area contributed by atoms with E-state index in [-0.39, 0.29) is 5.91 Å². The van der Waals surface area contributed by atoms with Crippen LogP contribution in [0.1, 0.15) is 63.2 Å². The highest BCUT2D eigenvalue weighted by Crippen LogP contribution is 2.39. The largest absolute Gasteiger partial charge is 0.416 e. The zero-order chi connectivity index (χ0) is 13.8. The molecule has 110 valence electrons. The first-order valence-electron chi connectivity index (χ1n) is 7.57. The molecule has 1 N–H and O–H groups in total. The number of carbonyl (C=O) groups is 1. The summed E-state index contributed by atoms with van der Waals surface area (Å²) in [6.07, 6.45) is 9.58. The third kappa shape index (κ3) is 3.98. The maximum absolute atomic E-state index is 11.9. The lowest BCUT2D eigenvalue weighted by molar-refractivity contribution is -0.119. The van der Waals surface area contributed by atoms with Crippen molar-refractivity contribution in [1.82, 2.24) is 15.5 Å². The van der Waals surface area contributed by atoms with Crippen LogP contribution in [-0.2, 0) is 4.79 Å². The Kier molecular flexibility index (Phi) is 4.60. The topological polar surface area (TPSA) is 68.0 Å². The number of nitrogens with one attached hydrogen (secondary N) is 1. The van der Waals surface area contributed by atoms with E-state index in [9.17, 15) is 4.79 Å². The molecule has 0 spiro atoms. The molecule has 20 heavy (non-hydrogen) atoms. The Balaban J connectivity index is 1.41. The summed E-state index contributed by atoms with van der Waals surface area (Å²) in [7, 11) is 0. The summed E-state index contributed by atoms with van der Waals surface area (Å²) in [4.78, 5) is 11.9. The van der Waals surface area contributed by atoms with Gasteiger partial charge >= 0.3 is 0 Å². The van der Waals surface area contributed by atoms with Crippen LogP contribution in [0, 0.1) is 0 Å². The second-order valence-electron chi connectivity index (χ2n) is 5.73. The van der Waals surface area contributed by atoms with Gasteiger partial charge in [-0.1, -0.05) is 37.4 Å². The molecular formula is C14H21N3O2S. The number of hydrogen-bond donors (Lipinski definition) is 1. The van der Waals surface area contributed by atoms with Gasteiger partial charge in [0, 0.05) is 12.0 Å². The van der Waals surface area contributed by atoms with Gasteiger partial charge in [-0.15, -0.1) is 10.2 Å². The molecular weight excluding hydrogens is 274 g/mol. The fourth-order valence-corrected chi connectivity index (χ4v) is 3.18. The van der Waals surface area contributed by atoms with E-state index < -0.39 is 0 Å². The molecule has 5 nitrogen and oxygen atoms in total. The second-order valence-corrected chi connectivity index (χ2v) is 6.65. The van der Waals surface area contributed by atoms with Crippen LogP contribution in [0.5, 0.6) is 0 Å². The average Bonchev–Trinajstić information content (AvgIpc) is 3.23. The van der Waals surface area contributed by atoms with Gasteiger partial charge in [0.2, 0.25) is 11.8 Å². The third-order valence-corrected chi connectivity index (χ3v) is 4.71. The smallest absolute Gasteiger partial charge is 0.277 e. The van der Waals surface area contributed by atoms with Gasteiger partial charge in [0.1, 0.15) is 0 Å². The predicted octanol–water partition coefficient (Wildman–Crippen LogP) is 2.88. The van der Waals surface area contributed by atoms with Gasteiger partial charge in [-0.25, -0.2) is 0 Å². The Morgan fingerprint density at radius 2 is 1.90 bits per heavy atom. The minimum absolute atomic E-state index is 0.0769. The first kappa shape index (κ1) is 13.9. The first-order chi connectivity index (χ1) is 9.81. The predicted molar refractivity (Wildman–Crippen MR) is 76.6 cm³/mol. The zero-order valence-electron chi connectivity index (χ0n) is 11.6. The zero-order valence-corrected chi connectivity index (χ0v) is 12.5. The highest BCUT2D eigenvalue weighted by Gasteiger charge is 2.29. The molecule has 0 saturated heterocycles. The summed E-state index contributed by atoms with van der Waals surface area (Å²) in [6, 6.07) is 0.357. The molecule has 2 aliphatic carbocycles. The van der Waals surface area contributed by atoms with Crippen molar-refractivity contribution in [3.8, 4) is 0 Å². The SMILES string of the molecule is O=C(CSc1nnc(C2CC2)o1)NC1CCCCCC1. The minimum Gasteiger partial charge on any atom is -0.416 e. The number of carbonyl (C=O) groups excluding carboxylic acids is 1. The van der Waals surface area contributed by atoms with Crippen molar-refractivity contribution in [3.05, 3.63) is 5.89 Å². The van der Waals surface area contributed by atoms with Crippen LogP contribution in [-0.4, -0.2) is 27.9 Å². The Bertz CT molecular complexity index is 451. The number of rotatable bonds is 5. The minimum atomic E-state index is 0.0769. The number of amides is 1. The lowest BCUT2D eigenvalue weighted by Crippen LogP contribution is -2.35. The number of thioether (sulfide) groups is 1. The highest BCUT2D eigenvalue weighted by molar-refractivity contribution is 7.99. The van der Waals surface area contributed by atoms with Crippen LogP contribution < -0.4 is 5.32 Å². The van der Waals surface area contributed by atoms with Crippen LogP contribution in [0.3, 0.4) is 0 Å². The number of nitrogens with zero attached hydrogens (tertiary/aromatic N) is 2. The van der Waals surface area contributed by atoms with Crippen LogP contribution in [0.4, 0.5) is 0 Å². The summed E-state index contributed by atoms with van der Waals surface area (Å²) in [5.41, 5.74) is 0. The Labute approximate surface area is 123 Å². The van der Waals surface area contributed by atoms with Gasteiger partial charge in [0.25, 0.3) is 5.22 Å². The molecule has 1 aromatic heterocycles. The van der Waals surface area contributed by atoms with Gasteiger partial charge < -0.3 is 9.73 Å². The fraction of sp³-hybridized carbons (Fsp3) is 0.786. The molecule has 2 fully saturated rings. The van der Waals surface area contributed by atoms with Crippen molar-refractivity contribution >= 4 is 17.7 Å². The van der Waals surface area contributed by atoms with E-state index in [0.29, 0.717) is 22.9 Å². The maximum atomic E-state index is 11.9. The molecule has 0 bridgehead atoms. The van der Waals surface area contributed by atoms with Crippen molar-refractivity contribution in [2.45, 2.75) is 68.5 Å². The van der Waals surface area contributed by atoms with Gasteiger partial charge in [-0.2, -0.15) is 0 Å². The number of hydrogen-bond acceptors (Lipinski definition) is 5. The Hall–Kier alpha value is -1.04. The molecule has 0 unspecified atom stereocenters.